The summed E-state index contributed by atoms with van der Waals surface area (Å²) < 4.78 is 64.5. The van der Waals surface area contributed by atoms with E-state index in [1.54, 1.807) is 0 Å². The van der Waals surface area contributed by atoms with Crippen LogP contribution in [0.4, 0.5) is 4.79 Å². The molecule has 1 aromatic carbocycles. The van der Waals surface area contributed by atoms with Crippen LogP contribution in [0.15, 0.2) is 18.2 Å². The molecule has 0 aromatic heterocycles. The standard InChI is InChI=1S/C13H20Cl2N3O9PS2/c1-16(9-10-4-5-11(15)8-12(10)27-28(20,21)22)13(19)18(30(3,25)26)17(7-6-14)29(2,23)24/h4-5,8H,6-7,9H2,1-3H3,(H2,20,21,22). The first-order valence-electron chi connectivity index (χ1n) is 7.80. The minimum absolute atomic E-state index is 0.0458. The third-order valence-corrected chi connectivity index (χ3v) is 6.35. The number of benzene rings is 1. The van der Waals surface area contributed by atoms with Crippen molar-refractivity contribution in [3.8, 4) is 5.75 Å². The van der Waals surface area contributed by atoms with Crippen LogP contribution in [-0.4, -0.2) is 78.4 Å². The van der Waals surface area contributed by atoms with Crippen molar-refractivity contribution >= 4 is 57.1 Å². The van der Waals surface area contributed by atoms with Crippen molar-refractivity contribution in [1.82, 2.24) is 13.7 Å². The van der Waals surface area contributed by atoms with Gasteiger partial charge in [-0.15, -0.1) is 16.0 Å². The van der Waals surface area contributed by atoms with E-state index in [-0.39, 0.29) is 26.6 Å². The number of sulfonamides is 2. The van der Waals surface area contributed by atoms with Crippen LogP contribution in [0.25, 0.3) is 0 Å². The first kappa shape index (κ1) is 26.9. The third kappa shape index (κ3) is 7.85. The molecule has 12 nitrogen and oxygen atoms in total. The summed E-state index contributed by atoms with van der Waals surface area (Å²) in [4.78, 5) is 31.7. The summed E-state index contributed by atoms with van der Waals surface area (Å²) in [5.74, 6) is -0.643. The monoisotopic (exact) mass is 527 g/mol. The number of nitrogens with zero attached hydrogens (tertiary/aromatic N) is 3. The van der Waals surface area contributed by atoms with E-state index >= 15 is 0 Å². The lowest BCUT2D eigenvalue weighted by Crippen LogP contribution is -2.55. The second kappa shape index (κ2) is 10.0. The normalized spacial score (nSPS) is 12.7. The van der Waals surface area contributed by atoms with Crippen LogP contribution >= 0.6 is 31.0 Å². The minimum atomic E-state index is -4.96. The van der Waals surface area contributed by atoms with Crippen LogP contribution in [0.2, 0.25) is 5.02 Å². The fourth-order valence-corrected chi connectivity index (χ4v) is 5.38. The number of hydrazine groups is 1. The molecule has 2 N–H and O–H groups in total. The van der Waals surface area contributed by atoms with Gasteiger partial charge in [0.15, 0.2) is 0 Å². The molecule has 0 bridgehead atoms. The van der Waals surface area contributed by atoms with Gasteiger partial charge < -0.3 is 9.42 Å². The second-order valence-corrected chi connectivity index (χ2v) is 11.7. The van der Waals surface area contributed by atoms with Crippen molar-refractivity contribution in [2.24, 2.45) is 0 Å². The topological polar surface area (TPSA) is 162 Å². The van der Waals surface area contributed by atoms with Gasteiger partial charge in [-0.3, -0.25) is 9.79 Å². The van der Waals surface area contributed by atoms with Crippen LogP contribution < -0.4 is 4.52 Å². The zero-order chi connectivity index (χ0) is 23.5. The van der Waals surface area contributed by atoms with E-state index in [0.29, 0.717) is 16.9 Å². The Morgan fingerprint density at radius 1 is 1.17 bits per heavy atom. The van der Waals surface area contributed by atoms with Gasteiger partial charge in [0, 0.05) is 30.1 Å². The van der Waals surface area contributed by atoms with E-state index in [4.69, 9.17) is 33.0 Å². The largest absolute Gasteiger partial charge is 0.524 e. The molecule has 0 saturated heterocycles. The van der Waals surface area contributed by atoms with Gasteiger partial charge in [0.1, 0.15) is 5.75 Å². The van der Waals surface area contributed by atoms with Gasteiger partial charge >= 0.3 is 13.9 Å². The van der Waals surface area contributed by atoms with E-state index in [1.165, 1.54) is 12.1 Å². The van der Waals surface area contributed by atoms with Gasteiger partial charge in [0.25, 0.3) is 10.0 Å². The molecule has 0 spiro atoms. The summed E-state index contributed by atoms with van der Waals surface area (Å²) >= 11 is 11.3. The predicted molar refractivity (Wildman–Crippen MR) is 110 cm³/mol. The molecule has 172 valence electrons. The Bertz CT molecular complexity index is 1050. The van der Waals surface area contributed by atoms with Crippen molar-refractivity contribution in [2.45, 2.75) is 6.54 Å². The molecule has 1 aromatic rings. The average molecular weight is 528 g/mol. The molecule has 0 aliphatic heterocycles. The first-order valence-corrected chi connectivity index (χ1v) is 13.9. The van der Waals surface area contributed by atoms with Crippen molar-refractivity contribution in [1.29, 1.82) is 0 Å². The maximum absolute atomic E-state index is 12.8. The fourth-order valence-electron chi connectivity index (χ4n) is 2.21. The summed E-state index contributed by atoms with van der Waals surface area (Å²) in [6.07, 6.45) is 1.34. The van der Waals surface area contributed by atoms with Crippen LogP contribution in [0.3, 0.4) is 0 Å². The summed E-state index contributed by atoms with van der Waals surface area (Å²) in [5, 5.41) is 0.0827. The molecule has 0 radical (unpaired) electrons. The number of halogens is 2. The van der Waals surface area contributed by atoms with Gasteiger partial charge in [0.2, 0.25) is 10.0 Å². The van der Waals surface area contributed by atoms with Crippen LogP contribution in [0.1, 0.15) is 5.56 Å². The number of alkyl halides is 1. The highest BCUT2D eigenvalue weighted by atomic mass is 35.5. The molecule has 0 heterocycles. The highest BCUT2D eigenvalue weighted by Crippen LogP contribution is 2.40. The lowest BCUT2D eigenvalue weighted by molar-refractivity contribution is 0.133. The van der Waals surface area contributed by atoms with Gasteiger partial charge in [0.05, 0.1) is 19.1 Å². The molecule has 1 rings (SSSR count). The Kier molecular flexibility index (Phi) is 8.97. The molecule has 30 heavy (non-hydrogen) atoms. The molecule has 0 fully saturated rings. The molecule has 0 aliphatic rings. The Balaban J connectivity index is 3.34. The van der Waals surface area contributed by atoms with Gasteiger partial charge in [-0.1, -0.05) is 22.1 Å². The van der Waals surface area contributed by atoms with Crippen molar-refractivity contribution in [3.05, 3.63) is 28.8 Å². The number of urea groups is 1. The minimum Gasteiger partial charge on any atom is -0.404 e. The van der Waals surface area contributed by atoms with Crippen LogP contribution in [-0.2, 0) is 31.2 Å². The third-order valence-electron chi connectivity index (χ3n) is 3.32. The average Bonchev–Trinajstić information content (AvgIpc) is 2.53. The fraction of sp³-hybridized carbons (Fsp3) is 0.462. The molecular weight excluding hydrogens is 508 g/mol. The van der Waals surface area contributed by atoms with Crippen molar-refractivity contribution in [3.63, 3.8) is 0 Å². The number of hydrogen-bond donors (Lipinski definition) is 2. The highest BCUT2D eigenvalue weighted by Gasteiger charge is 2.37. The molecule has 0 unspecified atom stereocenters. The molecule has 2 amide bonds. The smallest absolute Gasteiger partial charge is 0.404 e. The SMILES string of the molecule is CN(Cc1ccc(Cl)cc1OP(=O)(O)O)C(=O)N(N(CCCl)S(C)(=O)=O)S(C)(=O)=O. The number of carbonyl (C=O) groups is 1. The van der Waals surface area contributed by atoms with Crippen LogP contribution in [0, 0.1) is 0 Å². The van der Waals surface area contributed by atoms with Crippen LogP contribution in [0.5, 0.6) is 5.75 Å². The van der Waals surface area contributed by atoms with E-state index < -0.39 is 47.0 Å². The number of phosphoric acid groups is 1. The van der Waals surface area contributed by atoms with E-state index in [9.17, 15) is 26.2 Å². The van der Waals surface area contributed by atoms with Crippen molar-refractivity contribution in [2.75, 3.05) is 32.0 Å². The molecular formula is C13H20Cl2N3O9PS2. The number of hydrogen-bond acceptors (Lipinski definition) is 7. The second-order valence-electron chi connectivity index (χ2n) is 5.98. The zero-order valence-electron chi connectivity index (χ0n) is 16.0. The Morgan fingerprint density at radius 2 is 1.73 bits per heavy atom. The summed E-state index contributed by atoms with van der Waals surface area (Å²) in [6, 6.07) is 2.49. The van der Waals surface area contributed by atoms with Gasteiger partial charge in [-0.2, -0.15) is 0 Å². The Hall–Kier alpha value is -1.12. The van der Waals surface area contributed by atoms with Gasteiger partial charge in [-0.05, 0) is 12.1 Å². The first-order chi connectivity index (χ1) is 13.5. The molecule has 17 heteroatoms. The van der Waals surface area contributed by atoms with E-state index in [2.05, 4.69) is 4.52 Å². The molecule has 0 aliphatic carbocycles. The van der Waals surface area contributed by atoms with Gasteiger partial charge in [-0.25, -0.2) is 26.2 Å². The summed E-state index contributed by atoms with van der Waals surface area (Å²) in [5.41, 5.74) is 0.0651. The predicted octanol–water partition coefficient (Wildman–Crippen LogP) is 1.04. The Labute approximate surface area is 184 Å². The van der Waals surface area contributed by atoms with E-state index in [1.807, 2.05) is 0 Å². The number of amides is 2. The van der Waals surface area contributed by atoms with E-state index in [0.717, 1.165) is 18.0 Å². The zero-order valence-corrected chi connectivity index (χ0v) is 20.0. The lowest BCUT2D eigenvalue weighted by atomic mass is 10.2. The van der Waals surface area contributed by atoms with Crippen molar-refractivity contribution < 1.29 is 40.5 Å². The summed E-state index contributed by atoms with van der Waals surface area (Å²) in [7, 11) is -12.4. The Morgan fingerprint density at radius 3 is 2.17 bits per heavy atom. The maximum atomic E-state index is 12.8. The maximum Gasteiger partial charge on any atom is 0.524 e. The quantitative estimate of drug-likeness (QED) is 0.271. The highest BCUT2D eigenvalue weighted by molar-refractivity contribution is 7.91. The summed E-state index contributed by atoms with van der Waals surface area (Å²) in [6.45, 7) is -0.906. The number of phosphoric ester groups is 1. The lowest BCUT2D eigenvalue weighted by Gasteiger charge is -2.33. The molecule has 0 atom stereocenters. The number of rotatable bonds is 9. The molecule has 0 saturated carbocycles. The number of carbonyl (C=O) groups excluding carboxylic acids is 1.